The number of aliphatic hydroxyl groups is 2. The summed E-state index contributed by atoms with van der Waals surface area (Å²) >= 11 is 0. The Morgan fingerprint density at radius 3 is 2.69 bits per heavy atom. The molecule has 5 atom stereocenters. The summed E-state index contributed by atoms with van der Waals surface area (Å²) in [7, 11) is 1.98. The number of esters is 2. The molecule has 3 aliphatic rings. The number of ether oxygens (including phenoxy) is 3. The summed E-state index contributed by atoms with van der Waals surface area (Å²) in [4.78, 5) is 26.7. The third-order valence-electron chi connectivity index (χ3n) is 7.81. The molecule has 1 aromatic rings. The second-order valence-corrected chi connectivity index (χ2v) is 9.61. The fourth-order valence-electron chi connectivity index (χ4n) is 5.82. The predicted octanol–water partition coefficient (Wildman–Crippen LogP) is 2.11. The molecule has 0 saturated carbocycles. The molecule has 4 N–H and O–H groups in total. The van der Waals surface area contributed by atoms with Crippen molar-refractivity contribution in [3.05, 3.63) is 40.7 Å². The number of aliphatic hydroxyl groups excluding tert-OH is 1. The Bertz CT molecular complexity index is 1030. The van der Waals surface area contributed by atoms with Gasteiger partial charge in [-0.05, 0) is 52.4 Å². The summed E-state index contributed by atoms with van der Waals surface area (Å²) < 4.78 is 17.3. The number of rotatable bonds is 6. The standard InChI is InChI=1S/C25H34N2O7.CH4.ClH/c1-14-5-6-17(13-28)21-20(14)24-10-12-27(4)16(3)25(24,31)9-7-18(22(24)34-21)33-23(30)15(2)32-19(29)8-11-26;;/h5-7,15-16,22,28,31H,8-13,26H2,1-4H3;1H4;1H/t15-,16+,22-,24-,25+;;/m0../s1. The number of nitrogens with two attached hydrogens (primary N) is 1. The highest BCUT2D eigenvalue weighted by Crippen LogP contribution is 2.61. The van der Waals surface area contributed by atoms with Gasteiger partial charge in [-0.2, -0.15) is 0 Å². The minimum atomic E-state index is -1.19. The van der Waals surface area contributed by atoms with Gasteiger partial charge in [0.15, 0.2) is 12.2 Å². The topological polar surface area (TPSA) is 132 Å². The SMILES string of the molecule is C.Cc1ccc(CO)c2c1[C@]13CCN(C)[C@H](C)[C@]1(O)CC=C(OC(=O)[C@H](C)OC(=O)CCN)[C@@H]3O2.Cl. The number of benzene rings is 1. The van der Waals surface area contributed by atoms with Gasteiger partial charge in [-0.3, -0.25) is 4.79 Å². The van der Waals surface area contributed by atoms with Crippen LogP contribution in [0.3, 0.4) is 0 Å². The molecule has 2 aliphatic heterocycles. The van der Waals surface area contributed by atoms with Crippen molar-refractivity contribution in [2.75, 3.05) is 20.1 Å². The minimum absolute atomic E-state index is 0. The lowest BCUT2D eigenvalue weighted by molar-refractivity contribution is -0.171. The molecule has 202 valence electrons. The van der Waals surface area contributed by atoms with E-state index in [4.69, 9.17) is 19.9 Å². The van der Waals surface area contributed by atoms with E-state index in [9.17, 15) is 19.8 Å². The van der Waals surface area contributed by atoms with Crippen molar-refractivity contribution in [1.29, 1.82) is 0 Å². The van der Waals surface area contributed by atoms with Crippen molar-refractivity contribution in [2.24, 2.45) is 5.73 Å². The van der Waals surface area contributed by atoms with Crippen LogP contribution in [0.1, 0.15) is 57.2 Å². The Hall–Kier alpha value is -2.17. The zero-order valence-electron chi connectivity index (χ0n) is 20.6. The van der Waals surface area contributed by atoms with Crippen LogP contribution in [-0.2, 0) is 31.1 Å². The first-order valence-electron chi connectivity index (χ1n) is 11.7. The molecule has 10 heteroatoms. The van der Waals surface area contributed by atoms with Crippen molar-refractivity contribution in [1.82, 2.24) is 4.90 Å². The largest absolute Gasteiger partial charge is 0.481 e. The lowest BCUT2D eigenvalue weighted by atomic mass is 9.54. The van der Waals surface area contributed by atoms with Crippen LogP contribution in [0.15, 0.2) is 24.0 Å². The predicted molar refractivity (Wildman–Crippen MR) is 137 cm³/mol. The summed E-state index contributed by atoms with van der Waals surface area (Å²) in [6.45, 7) is 6.02. The zero-order valence-corrected chi connectivity index (χ0v) is 21.4. The number of halogens is 1. The van der Waals surface area contributed by atoms with Gasteiger partial charge in [0.05, 0.1) is 24.0 Å². The van der Waals surface area contributed by atoms with Crippen molar-refractivity contribution < 1.29 is 34.0 Å². The lowest BCUT2D eigenvalue weighted by Crippen LogP contribution is -2.71. The Labute approximate surface area is 219 Å². The molecule has 1 spiro atoms. The molecule has 0 bridgehead atoms. The molecule has 0 unspecified atom stereocenters. The lowest BCUT2D eigenvalue weighted by Gasteiger charge is -2.58. The number of likely N-dealkylation sites (N-methyl/N-ethyl adjacent to an activating group) is 1. The fraction of sp³-hybridized carbons (Fsp3) is 0.615. The van der Waals surface area contributed by atoms with Crippen LogP contribution in [0.5, 0.6) is 5.75 Å². The first-order valence-corrected chi connectivity index (χ1v) is 11.7. The number of carbonyl (C=O) groups is 2. The summed E-state index contributed by atoms with van der Waals surface area (Å²) in [6.07, 6.45) is 0.654. The van der Waals surface area contributed by atoms with Crippen LogP contribution in [0.2, 0.25) is 0 Å². The average molecular weight is 527 g/mol. The summed E-state index contributed by atoms with van der Waals surface area (Å²) in [5.74, 6) is -0.481. The van der Waals surface area contributed by atoms with Gasteiger partial charge in [0.2, 0.25) is 0 Å². The first kappa shape index (κ1) is 30.1. The quantitative estimate of drug-likeness (QED) is 0.477. The highest BCUT2D eigenvalue weighted by atomic mass is 35.5. The summed E-state index contributed by atoms with van der Waals surface area (Å²) in [6, 6.07) is 3.55. The maximum atomic E-state index is 12.8. The van der Waals surface area contributed by atoms with E-state index in [1.165, 1.54) is 6.92 Å². The number of hydrogen-bond donors (Lipinski definition) is 3. The van der Waals surface area contributed by atoms with Gasteiger partial charge in [0, 0.05) is 30.1 Å². The van der Waals surface area contributed by atoms with Gasteiger partial charge in [0.25, 0.3) is 0 Å². The van der Waals surface area contributed by atoms with Crippen LogP contribution in [-0.4, -0.2) is 71.0 Å². The number of hydrogen-bond acceptors (Lipinski definition) is 9. The van der Waals surface area contributed by atoms with Gasteiger partial charge in [0.1, 0.15) is 11.5 Å². The monoisotopic (exact) mass is 526 g/mol. The van der Waals surface area contributed by atoms with Crippen LogP contribution in [0.25, 0.3) is 0 Å². The van der Waals surface area contributed by atoms with E-state index in [1.54, 1.807) is 6.08 Å². The van der Waals surface area contributed by atoms with E-state index in [1.807, 2.05) is 33.0 Å². The van der Waals surface area contributed by atoms with E-state index in [0.717, 1.165) is 11.1 Å². The normalized spacial score (nSPS) is 29.1. The third kappa shape index (κ3) is 4.41. The van der Waals surface area contributed by atoms with Gasteiger partial charge in [-0.25, -0.2) is 4.79 Å². The second kappa shape index (κ2) is 11.1. The van der Waals surface area contributed by atoms with Crippen LogP contribution < -0.4 is 10.5 Å². The van der Waals surface area contributed by atoms with Crippen molar-refractivity contribution in [2.45, 2.75) is 83.3 Å². The van der Waals surface area contributed by atoms with E-state index < -0.39 is 35.2 Å². The maximum absolute atomic E-state index is 12.8. The Balaban J connectivity index is 0.00000228. The van der Waals surface area contributed by atoms with E-state index in [2.05, 4.69) is 4.90 Å². The third-order valence-corrected chi connectivity index (χ3v) is 7.81. The molecule has 4 rings (SSSR count). The highest BCUT2D eigenvalue weighted by Gasteiger charge is 2.69. The second-order valence-electron chi connectivity index (χ2n) is 9.61. The molecule has 9 nitrogen and oxygen atoms in total. The first-order chi connectivity index (χ1) is 16.1. The Morgan fingerprint density at radius 2 is 2.06 bits per heavy atom. The van der Waals surface area contributed by atoms with Crippen LogP contribution in [0, 0.1) is 6.92 Å². The van der Waals surface area contributed by atoms with Crippen molar-refractivity contribution >= 4 is 24.3 Å². The fourth-order valence-corrected chi connectivity index (χ4v) is 5.82. The Kier molecular flexibility index (Phi) is 9.24. The number of piperidine rings is 1. The number of carbonyl (C=O) groups excluding carboxylic acids is 2. The minimum Gasteiger partial charge on any atom is -0.481 e. The highest BCUT2D eigenvalue weighted by molar-refractivity contribution is 5.85. The molecule has 0 aromatic heterocycles. The number of nitrogens with zero attached hydrogens (tertiary/aromatic N) is 1. The molecule has 0 amide bonds. The molecule has 1 aliphatic carbocycles. The van der Waals surface area contributed by atoms with Gasteiger partial charge in [-0.15, -0.1) is 12.4 Å². The van der Waals surface area contributed by atoms with Gasteiger partial charge in [-0.1, -0.05) is 19.6 Å². The molecule has 0 radical (unpaired) electrons. The molecule has 1 fully saturated rings. The molecule has 2 heterocycles. The number of aryl methyl sites for hydroxylation is 1. The molecule has 1 aromatic carbocycles. The summed E-state index contributed by atoms with van der Waals surface area (Å²) in [5, 5.41) is 22.2. The van der Waals surface area contributed by atoms with Crippen LogP contribution >= 0.6 is 12.4 Å². The van der Waals surface area contributed by atoms with E-state index in [0.29, 0.717) is 24.3 Å². The van der Waals surface area contributed by atoms with Gasteiger partial charge < -0.3 is 35.1 Å². The van der Waals surface area contributed by atoms with E-state index >= 15 is 0 Å². The molecular weight excluding hydrogens is 488 g/mol. The summed E-state index contributed by atoms with van der Waals surface area (Å²) in [5.41, 5.74) is 5.74. The molecular formula is C26H39ClN2O7. The smallest absolute Gasteiger partial charge is 0.352 e. The van der Waals surface area contributed by atoms with Crippen molar-refractivity contribution in [3.63, 3.8) is 0 Å². The number of fused-ring (bicyclic) bond motifs is 1. The maximum Gasteiger partial charge on any atom is 0.352 e. The Morgan fingerprint density at radius 1 is 1.36 bits per heavy atom. The zero-order chi connectivity index (χ0) is 24.8. The van der Waals surface area contributed by atoms with Crippen molar-refractivity contribution in [3.8, 4) is 5.75 Å². The van der Waals surface area contributed by atoms with Crippen LogP contribution in [0.4, 0.5) is 0 Å². The van der Waals surface area contributed by atoms with Gasteiger partial charge >= 0.3 is 11.9 Å². The molecule has 36 heavy (non-hydrogen) atoms. The number of likely N-dealkylation sites (tertiary alicyclic amines) is 1. The average Bonchev–Trinajstić information content (AvgIpc) is 3.16. The van der Waals surface area contributed by atoms with E-state index in [-0.39, 0.29) is 57.6 Å². The molecule has 1 saturated heterocycles.